The molecule has 1 aliphatic carbocycles. The van der Waals surface area contributed by atoms with E-state index in [1.165, 1.54) is 4.88 Å². The van der Waals surface area contributed by atoms with Crippen molar-refractivity contribution in [3.8, 4) is 0 Å². The lowest BCUT2D eigenvalue weighted by molar-refractivity contribution is -0.145. The van der Waals surface area contributed by atoms with E-state index >= 15 is 0 Å². The highest BCUT2D eigenvalue weighted by Crippen LogP contribution is 2.39. The highest BCUT2D eigenvalue weighted by atomic mass is 32.1. The second-order valence-corrected chi connectivity index (χ2v) is 6.08. The van der Waals surface area contributed by atoms with Gasteiger partial charge in [-0.1, -0.05) is 0 Å². The van der Waals surface area contributed by atoms with Gasteiger partial charge in [-0.25, -0.2) is 4.98 Å². The summed E-state index contributed by atoms with van der Waals surface area (Å²) in [4.78, 5) is 17.7. The Morgan fingerprint density at radius 3 is 3.10 bits per heavy atom. The van der Waals surface area contributed by atoms with Gasteiger partial charge < -0.3 is 14.8 Å². The Morgan fingerprint density at radius 1 is 1.60 bits per heavy atom. The van der Waals surface area contributed by atoms with Crippen molar-refractivity contribution in [1.82, 2.24) is 4.98 Å². The van der Waals surface area contributed by atoms with Crippen LogP contribution in [0.1, 0.15) is 43.2 Å². The molecule has 1 aromatic heterocycles. The summed E-state index contributed by atoms with van der Waals surface area (Å²) in [5.41, 5.74) is 0.912. The number of methoxy groups -OCH3 is 1. The maximum absolute atomic E-state index is 11.9. The molecule has 0 saturated heterocycles. The summed E-state index contributed by atoms with van der Waals surface area (Å²) in [6, 6.07) is 0.308. The molecule has 2 unspecified atom stereocenters. The van der Waals surface area contributed by atoms with Crippen LogP contribution in [0.2, 0.25) is 0 Å². The first kappa shape index (κ1) is 15.3. The number of rotatable bonds is 7. The van der Waals surface area contributed by atoms with Gasteiger partial charge in [0, 0.05) is 24.6 Å². The van der Waals surface area contributed by atoms with Crippen molar-refractivity contribution in [2.24, 2.45) is 0 Å². The summed E-state index contributed by atoms with van der Waals surface area (Å²) in [7, 11) is 1.70. The third-order valence-electron chi connectivity index (χ3n) is 3.41. The highest BCUT2D eigenvalue weighted by molar-refractivity contribution is 7.15. The van der Waals surface area contributed by atoms with Gasteiger partial charge in [-0.15, -0.1) is 11.3 Å². The molecule has 1 aromatic rings. The van der Waals surface area contributed by atoms with E-state index in [0.29, 0.717) is 12.6 Å². The van der Waals surface area contributed by atoms with Gasteiger partial charge in [0.1, 0.15) is 5.92 Å². The summed E-state index contributed by atoms with van der Waals surface area (Å²) in [5.74, 6) is -0.318. The van der Waals surface area contributed by atoms with Crippen LogP contribution < -0.4 is 5.32 Å². The number of carbonyl (C=O) groups excluding carboxylic acids is 1. The van der Waals surface area contributed by atoms with Gasteiger partial charge in [-0.2, -0.15) is 0 Å². The van der Waals surface area contributed by atoms with E-state index in [9.17, 15) is 4.79 Å². The van der Waals surface area contributed by atoms with Gasteiger partial charge in [0.25, 0.3) is 0 Å². The zero-order chi connectivity index (χ0) is 14.5. The molecule has 0 saturated carbocycles. The van der Waals surface area contributed by atoms with Gasteiger partial charge >= 0.3 is 5.97 Å². The van der Waals surface area contributed by atoms with E-state index in [1.807, 2.05) is 6.92 Å². The van der Waals surface area contributed by atoms with Crippen molar-refractivity contribution in [3.05, 3.63) is 10.6 Å². The van der Waals surface area contributed by atoms with Crippen LogP contribution >= 0.6 is 11.3 Å². The van der Waals surface area contributed by atoms with Gasteiger partial charge in [-0.05, 0) is 33.1 Å². The summed E-state index contributed by atoms with van der Waals surface area (Å²) >= 11 is 1.65. The van der Waals surface area contributed by atoms with Crippen molar-refractivity contribution >= 4 is 22.4 Å². The van der Waals surface area contributed by atoms with Crippen LogP contribution in [-0.2, 0) is 20.7 Å². The SMILES string of the molecule is CCOC(=O)C1CCc2sc(NC(C)CCOC)nc21. The molecule has 0 spiro atoms. The lowest BCUT2D eigenvalue weighted by Crippen LogP contribution is -2.17. The molecule has 1 aliphatic rings. The molecular formula is C14H22N2O3S. The predicted molar refractivity (Wildman–Crippen MR) is 79.4 cm³/mol. The Hall–Kier alpha value is -1.14. The minimum absolute atomic E-state index is 0.143. The predicted octanol–water partition coefficient (Wildman–Crippen LogP) is 2.57. The average molecular weight is 298 g/mol. The Kier molecular flexibility index (Phi) is 5.37. The first-order valence-corrected chi connectivity index (χ1v) is 7.89. The number of fused-ring (bicyclic) bond motifs is 1. The smallest absolute Gasteiger partial charge is 0.315 e. The molecule has 0 aromatic carbocycles. The third-order valence-corrected chi connectivity index (χ3v) is 4.48. The molecule has 0 amide bonds. The summed E-state index contributed by atoms with van der Waals surface area (Å²) in [5, 5.41) is 4.27. The monoisotopic (exact) mass is 298 g/mol. The van der Waals surface area contributed by atoms with E-state index in [1.54, 1.807) is 18.4 Å². The Labute approximate surface area is 123 Å². The van der Waals surface area contributed by atoms with Crippen molar-refractivity contribution < 1.29 is 14.3 Å². The third kappa shape index (κ3) is 3.49. The van der Waals surface area contributed by atoms with Crippen LogP contribution in [0.4, 0.5) is 5.13 Å². The molecular weight excluding hydrogens is 276 g/mol. The number of carbonyl (C=O) groups is 1. The largest absolute Gasteiger partial charge is 0.465 e. The van der Waals surface area contributed by atoms with Gasteiger partial charge in [-0.3, -0.25) is 4.79 Å². The number of ether oxygens (including phenoxy) is 2. The van der Waals surface area contributed by atoms with Crippen molar-refractivity contribution in [2.45, 2.75) is 45.1 Å². The van der Waals surface area contributed by atoms with Crippen LogP contribution in [0, 0.1) is 0 Å². The molecule has 20 heavy (non-hydrogen) atoms. The molecule has 2 atom stereocenters. The van der Waals surface area contributed by atoms with Crippen molar-refractivity contribution in [2.75, 3.05) is 25.6 Å². The number of aromatic nitrogens is 1. The summed E-state index contributed by atoms with van der Waals surface area (Å²) < 4.78 is 10.2. The van der Waals surface area contributed by atoms with Crippen molar-refractivity contribution in [1.29, 1.82) is 0 Å². The van der Waals surface area contributed by atoms with Crippen LogP contribution in [0.15, 0.2) is 0 Å². The number of aryl methyl sites for hydroxylation is 1. The van der Waals surface area contributed by atoms with E-state index < -0.39 is 0 Å². The lowest BCUT2D eigenvalue weighted by atomic mass is 10.1. The minimum atomic E-state index is -0.175. The number of esters is 1. The lowest BCUT2D eigenvalue weighted by Gasteiger charge is -2.12. The standard InChI is InChI=1S/C14H22N2O3S/c1-4-19-13(17)10-5-6-11-12(10)16-14(20-11)15-9(2)7-8-18-3/h9-10H,4-8H2,1-3H3,(H,15,16). The van der Waals surface area contributed by atoms with E-state index in [2.05, 4.69) is 17.2 Å². The maximum Gasteiger partial charge on any atom is 0.315 e. The summed E-state index contributed by atoms with van der Waals surface area (Å²) in [6.45, 7) is 5.09. The Balaban J connectivity index is 1.99. The average Bonchev–Trinajstić information content (AvgIpc) is 2.96. The van der Waals surface area contributed by atoms with Crippen LogP contribution in [0.25, 0.3) is 0 Å². The van der Waals surface area contributed by atoms with E-state index in [4.69, 9.17) is 9.47 Å². The quantitative estimate of drug-likeness (QED) is 0.784. The topological polar surface area (TPSA) is 60.5 Å². The molecule has 1 N–H and O–H groups in total. The molecule has 1 heterocycles. The maximum atomic E-state index is 11.9. The number of hydrogen-bond donors (Lipinski definition) is 1. The van der Waals surface area contributed by atoms with E-state index in [0.717, 1.165) is 36.7 Å². The molecule has 112 valence electrons. The summed E-state index contributed by atoms with van der Waals surface area (Å²) in [6.07, 6.45) is 2.68. The molecule has 2 rings (SSSR count). The Bertz CT molecular complexity index is 461. The second-order valence-electron chi connectivity index (χ2n) is 5.00. The Morgan fingerprint density at radius 2 is 2.40 bits per heavy atom. The fourth-order valence-electron chi connectivity index (χ4n) is 2.34. The number of hydrogen-bond acceptors (Lipinski definition) is 6. The zero-order valence-electron chi connectivity index (χ0n) is 12.3. The van der Waals surface area contributed by atoms with Crippen LogP contribution in [-0.4, -0.2) is 37.3 Å². The first-order valence-electron chi connectivity index (χ1n) is 7.07. The number of nitrogens with one attached hydrogen (secondary N) is 1. The minimum Gasteiger partial charge on any atom is -0.465 e. The zero-order valence-corrected chi connectivity index (χ0v) is 13.1. The molecule has 0 aliphatic heterocycles. The normalized spacial score (nSPS) is 18.6. The fourth-order valence-corrected chi connectivity index (χ4v) is 3.49. The number of anilines is 1. The molecule has 5 nitrogen and oxygen atoms in total. The van der Waals surface area contributed by atoms with Crippen molar-refractivity contribution in [3.63, 3.8) is 0 Å². The number of thiazole rings is 1. The van der Waals surface area contributed by atoms with E-state index in [-0.39, 0.29) is 11.9 Å². The molecule has 0 radical (unpaired) electrons. The fraction of sp³-hybridized carbons (Fsp3) is 0.714. The highest BCUT2D eigenvalue weighted by Gasteiger charge is 2.33. The van der Waals surface area contributed by atoms with Crippen LogP contribution in [0.5, 0.6) is 0 Å². The van der Waals surface area contributed by atoms with Gasteiger partial charge in [0.2, 0.25) is 0 Å². The first-order chi connectivity index (χ1) is 9.65. The van der Waals surface area contributed by atoms with Gasteiger partial charge in [0.15, 0.2) is 5.13 Å². The molecule has 6 heteroatoms. The van der Waals surface area contributed by atoms with Gasteiger partial charge in [0.05, 0.1) is 12.3 Å². The van der Waals surface area contributed by atoms with Crippen LogP contribution in [0.3, 0.4) is 0 Å². The molecule has 0 fully saturated rings. The second kappa shape index (κ2) is 7.04. The molecule has 0 bridgehead atoms. The number of nitrogens with zero attached hydrogens (tertiary/aromatic N) is 1.